The summed E-state index contributed by atoms with van der Waals surface area (Å²) < 4.78 is 0. The lowest BCUT2D eigenvalue weighted by molar-refractivity contribution is -0.384. The summed E-state index contributed by atoms with van der Waals surface area (Å²) in [6, 6.07) is 3.07. The van der Waals surface area contributed by atoms with Gasteiger partial charge in [0.05, 0.1) is 17.0 Å². The van der Waals surface area contributed by atoms with Crippen molar-refractivity contribution in [3.05, 3.63) is 33.4 Å². The zero-order valence-electron chi connectivity index (χ0n) is 10.1. The van der Waals surface area contributed by atoms with Gasteiger partial charge in [0, 0.05) is 13.0 Å². The number of hydrogen-bond acceptors (Lipinski definition) is 4. The highest BCUT2D eigenvalue weighted by Crippen LogP contribution is 2.26. The smallest absolute Gasteiger partial charge is 0.293 e. The highest BCUT2D eigenvalue weighted by Gasteiger charge is 2.14. The molecule has 0 atom stereocenters. The van der Waals surface area contributed by atoms with Gasteiger partial charge in [-0.1, -0.05) is 11.8 Å². The maximum atomic E-state index is 10.8. The Morgan fingerprint density at radius 2 is 2.22 bits per heavy atom. The SMILES string of the molecule is CC(=O)NCC#Cc1cc(C)cc([N+](=O)[O-])c1N. The van der Waals surface area contributed by atoms with Gasteiger partial charge in [-0.15, -0.1) is 0 Å². The number of anilines is 1. The molecule has 94 valence electrons. The Labute approximate surface area is 104 Å². The lowest BCUT2D eigenvalue weighted by atomic mass is 10.1. The topological polar surface area (TPSA) is 98.3 Å². The van der Waals surface area contributed by atoms with Crippen molar-refractivity contribution < 1.29 is 9.72 Å². The minimum absolute atomic E-state index is 0.0425. The van der Waals surface area contributed by atoms with Gasteiger partial charge in [0.2, 0.25) is 5.91 Å². The molecule has 0 aliphatic rings. The second-order valence-electron chi connectivity index (χ2n) is 3.71. The Morgan fingerprint density at radius 1 is 1.56 bits per heavy atom. The molecule has 0 spiro atoms. The number of nitro benzene ring substituents is 1. The summed E-state index contributed by atoms with van der Waals surface area (Å²) in [6.45, 7) is 3.29. The van der Waals surface area contributed by atoms with Crippen LogP contribution < -0.4 is 11.1 Å². The van der Waals surface area contributed by atoms with E-state index in [0.717, 1.165) is 0 Å². The van der Waals surface area contributed by atoms with Crippen LogP contribution in [0.3, 0.4) is 0 Å². The minimum atomic E-state index is -0.540. The fraction of sp³-hybridized carbons (Fsp3) is 0.250. The van der Waals surface area contributed by atoms with Crippen LogP contribution in [0.1, 0.15) is 18.1 Å². The molecule has 0 radical (unpaired) electrons. The summed E-state index contributed by atoms with van der Waals surface area (Å²) in [7, 11) is 0. The van der Waals surface area contributed by atoms with E-state index < -0.39 is 4.92 Å². The molecule has 18 heavy (non-hydrogen) atoms. The number of nitrogens with two attached hydrogens (primary N) is 1. The maximum Gasteiger partial charge on any atom is 0.293 e. The molecule has 0 heterocycles. The number of hydrogen-bond donors (Lipinski definition) is 2. The normalized spacial score (nSPS) is 9.22. The van der Waals surface area contributed by atoms with E-state index in [4.69, 9.17) is 5.73 Å². The first-order chi connectivity index (χ1) is 8.41. The molecule has 1 amide bonds. The van der Waals surface area contributed by atoms with E-state index in [2.05, 4.69) is 17.2 Å². The van der Waals surface area contributed by atoms with Crippen molar-refractivity contribution in [2.75, 3.05) is 12.3 Å². The third kappa shape index (κ3) is 3.49. The summed E-state index contributed by atoms with van der Waals surface area (Å²) in [5.74, 6) is 5.21. The number of carbonyl (C=O) groups is 1. The summed E-state index contributed by atoms with van der Waals surface area (Å²) >= 11 is 0. The van der Waals surface area contributed by atoms with Crippen LogP contribution in [0.4, 0.5) is 11.4 Å². The van der Waals surface area contributed by atoms with Crippen molar-refractivity contribution in [3.63, 3.8) is 0 Å². The third-order valence-electron chi connectivity index (χ3n) is 2.15. The molecular weight excluding hydrogens is 234 g/mol. The van der Waals surface area contributed by atoms with Crippen LogP contribution in [0.15, 0.2) is 12.1 Å². The van der Waals surface area contributed by atoms with Crippen molar-refractivity contribution in [2.45, 2.75) is 13.8 Å². The van der Waals surface area contributed by atoms with Crippen LogP contribution in [-0.4, -0.2) is 17.4 Å². The number of aryl methyl sites for hydroxylation is 1. The predicted octanol–water partition coefficient (Wildman–Crippen LogP) is 0.973. The van der Waals surface area contributed by atoms with E-state index in [1.165, 1.54) is 13.0 Å². The van der Waals surface area contributed by atoms with Crippen LogP contribution >= 0.6 is 0 Å². The van der Waals surface area contributed by atoms with Gasteiger partial charge < -0.3 is 11.1 Å². The Hall–Kier alpha value is -2.55. The van der Waals surface area contributed by atoms with Gasteiger partial charge in [0.25, 0.3) is 5.69 Å². The van der Waals surface area contributed by atoms with E-state index in [9.17, 15) is 14.9 Å². The number of nitro groups is 1. The fourth-order valence-corrected chi connectivity index (χ4v) is 1.34. The van der Waals surface area contributed by atoms with Crippen molar-refractivity contribution in [2.24, 2.45) is 0 Å². The van der Waals surface area contributed by atoms with Gasteiger partial charge in [-0.2, -0.15) is 0 Å². The Kier molecular flexibility index (Phi) is 4.27. The van der Waals surface area contributed by atoms with Crippen molar-refractivity contribution in [1.82, 2.24) is 5.32 Å². The molecule has 1 aromatic rings. The average Bonchev–Trinajstić information content (AvgIpc) is 2.27. The van der Waals surface area contributed by atoms with E-state index >= 15 is 0 Å². The quantitative estimate of drug-likeness (QED) is 0.352. The van der Waals surface area contributed by atoms with Crippen molar-refractivity contribution in [3.8, 4) is 11.8 Å². The Balaban J connectivity index is 3.02. The number of rotatable bonds is 2. The highest BCUT2D eigenvalue weighted by atomic mass is 16.6. The molecule has 0 saturated carbocycles. The number of nitrogen functional groups attached to an aromatic ring is 1. The van der Waals surface area contributed by atoms with E-state index in [-0.39, 0.29) is 23.8 Å². The van der Waals surface area contributed by atoms with Gasteiger partial charge in [-0.05, 0) is 18.6 Å². The molecule has 0 unspecified atom stereocenters. The van der Waals surface area contributed by atoms with Gasteiger partial charge in [0.15, 0.2) is 0 Å². The van der Waals surface area contributed by atoms with E-state index in [1.807, 2.05) is 0 Å². The number of nitrogens with one attached hydrogen (secondary N) is 1. The van der Waals surface area contributed by atoms with Crippen LogP contribution in [0.2, 0.25) is 0 Å². The largest absolute Gasteiger partial charge is 0.392 e. The van der Waals surface area contributed by atoms with E-state index in [0.29, 0.717) is 11.1 Å². The van der Waals surface area contributed by atoms with Gasteiger partial charge >= 0.3 is 0 Å². The zero-order chi connectivity index (χ0) is 13.7. The lowest BCUT2D eigenvalue weighted by Gasteiger charge is -2.02. The standard InChI is InChI=1S/C12H13N3O3/c1-8-6-10(4-3-5-14-9(2)16)12(13)11(7-8)15(17)18/h6-7H,5,13H2,1-2H3,(H,14,16). The molecule has 6 nitrogen and oxygen atoms in total. The van der Waals surface area contributed by atoms with E-state index in [1.54, 1.807) is 13.0 Å². The van der Waals surface area contributed by atoms with Crippen LogP contribution in [-0.2, 0) is 4.79 Å². The Bertz CT molecular complexity index is 556. The fourth-order valence-electron chi connectivity index (χ4n) is 1.34. The molecule has 0 bridgehead atoms. The van der Waals surface area contributed by atoms with Gasteiger partial charge in [-0.25, -0.2) is 0 Å². The molecule has 0 aliphatic carbocycles. The average molecular weight is 247 g/mol. The monoisotopic (exact) mass is 247 g/mol. The molecule has 0 fully saturated rings. The molecule has 0 aliphatic heterocycles. The van der Waals surface area contributed by atoms with Crippen molar-refractivity contribution >= 4 is 17.3 Å². The number of carbonyl (C=O) groups excluding carboxylic acids is 1. The zero-order valence-corrected chi connectivity index (χ0v) is 10.1. The highest BCUT2D eigenvalue weighted by molar-refractivity contribution is 5.73. The van der Waals surface area contributed by atoms with Crippen LogP contribution in [0, 0.1) is 28.9 Å². The summed E-state index contributed by atoms with van der Waals surface area (Å²) in [5, 5.41) is 13.3. The van der Waals surface area contributed by atoms with Crippen LogP contribution in [0.5, 0.6) is 0 Å². The molecular formula is C12H13N3O3. The number of nitrogens with zero attached hydrogens (tertiary/aromatic N) is 1. The summed E-state index contributed by atoms with van der Waals surface area (Å²) in [6.07, 6.45) is 0. The molecule has 3 N–H and O–H groups in total. The van der Waals surface area contributed by atoms with Gasteiger partial charge in [0.1, 0.15) is 5.69 Å². The first-order valence-corrected chi connectivity index (χ1v) is 5.19. The Morgan fingerprint density at radius 3 is 2.78 bits per heavy atom. The summed E-state index contributed by atoms with van der Waals surface area (Å²) in [4.78, 5) is 20.9. The minimum Gasteiger partial charge on any atom is -0.392 e. The first-order valence-electron chi connectivity index (χ1n) is 5.19. The van der Waals surface area contributed by atoms with Gasteiger partial charge in [-0.3, -0.25) is 14.9 Å². The molecule has 6 heteroatoms. The molecule has 0 aromatic heterocycles. The lowest BCUT2D eigenvalue weighted by Crippen LogP contribution is -2.19. The predicted molar refractivity (Wildman–Crippen MR) is 67.8 cm³/mol. The molecule has 1 aromatic carbocycles. The number of amides is 1. The summed E-state index contributed by atoms with van der Waals surface area (Å²) in [5.41, 5.74) is 6.66. The molecule has 0 saturated heterocycles. The third-order valence-corrected chi connectivity index (χ3v) is 2.15. The number of benzene rings is 1. The second kappa shape index (κ2) is 5.68. The second-order valence-corrected chi connectivity index (χ2v) is 3.71. The van der Waals surface area contributed by atoms with Crippen molar-refractivity contribution in [1.29, 1.82) is 0 Å². The van der Waals surface area contributed by atoms with Crippen LogP contribution in [0.25, 0.3) is 0 Å². The maximum absolute atomic E-state index is 10.8. The first kappa shape index (κ1) is 13.5. The molecule has 1 rings (SSSR count).